The zero-order valence-electron chi connectivity index (χ0n) is 18.3. The van der Waals surface area contributed by atoms with Gasteiger partial charge in [-0.25, -0.2) is 0 Å². The Bertz CT molecular complexity index is 1210. The van der Waals surface area contributed by atoms with Crippen LogP contribution in [-0.4, -0.2) is 49.4 Å². The Morgan fingerprint density at radius 3 is 2.44 bits per heavy atom. The molecule has 1 aliphatic rings. The molecule has 0 radical (unpaired) electrons. The second-order valence-corrected chi connectivity index (χ2v) is 8.69. The van der Waals surface area contributed by atoms with E-state index >= 15 is 0 Å². The molecule has 2 amide bonds. The number of para-hydroxylation sites is 1. The maximum atomic E-state index is 13.5. The fraction of sp³-hybridized carbons (Fsp3) is 0.208. The second kappa shape index (κ2) is 9.84. The highest BCUT2D eigenvalue weighted by Crippen LogP contribution is 2.33. The van der Waals surface area contributed by atoms with E-state index < -0.39 is 24.0 Å². The summed E-state index contributed by atoms with van der Waals surface area (Å²) < 4.78 is 0. The Labute approximate surface area is 207 Å². The molecular weight excluding hydrogens is 474 g/mol. The Hall–Kier alpha value is -3.40. The molecule has 3 aromatic rings. The molecule has 34 heavy (non-hydrogen) atoms. The molecule has 4 rings (SSSR count). The molecule has 1 atom stereocenters. The van der Waals surface area contributed by atoms with Gasteiger partial charge in [0.25, 0.3) is 5.91 Å². The van der Waals surface area contributed by atoms with Crippen LogP contribution in [0.1, 0.15) is 17.7 Å². The van der Waals surface area contributed by atoms with Gasteiger partial charge in [-0.2, -0.15) is 5.10 Å². The molecule has 0 bridgehead atoms. The fourth-order valence-electron chi connectivity index (χ4n) is 3.69. The molecule has 2 heterocycles. The van der Waals surface area contributed by atoms with Gasteiger partial charge in [-0.05, 0) is 67.5 Å². The van der Waals surface area contributed by atoms with E-state index in [1.807, 2.05) is 18.2 Å². The maximum Gasteiger partial charge on any atom is 0.287 e. The van der Waals surface area contributed by atoms with Gasteiger partial charge in [0.05, 0.1) is 17.8 Å². The predicted octanol–water partition coefficient (Wildman–Crippen LogP) is 3.33. The van der Waals surface area contributed by atoms with E-state index in [-0.39, 0.29) is 17.5 Å². The van der Waals surface area contributed by atoms with Gasteiger partial charge in [0.15, 0.2) is 10.9 Å². The molecule has 1 fully saturated rings. The molecular formula is C24H22ClN5O3S. The zero-order valence-corrected chi connectivity index (χ0v) is 19.9. The molecule has 8 nitrogen and oxygen atoms in total. The third-order valence-corrected chi connectivity index (χ3v) is 6.09. The first-order valence-corrected chi connectivity index (χ1v) is 11.3. The monoisotopic (exact) mass is 495 g/mol. The van der Waals surface area contributed by atoms with Gasteiger partial charge < -0.3 is 15.3 Å². The standard InChI is InChI=1S/C24H22ClN5O3S/c1-16-7-12-20(28-27-16)26-21(31)15-24(33)22(32)30(19-5-3-2-4-6-19)23(34)29(24)14-13-17-8-10-18(25)11-9-17/h2-12,33H,13-15H2,1H3,(H,26,28,31). The van der Waals surface area contributed by atoms with Crippen LogP contribution in [0.15, 0.2) is 66.7 Å². The van der Waals surface area contributed by atoms with Crippen molar-refractivity contribution in [1.82, 2.24) is 15.1 Å². The van der Waals surface area contributed by atoms with Crippen LogP contribution in [0.25, 0.3) is 0 Å². The van der Waals surface area contributed by atoms with Gasteiger partial charge in [0, 0.05) is 11.6 Å². The van der Waals surface area contributed by atoms with Gasteiger partial charge in [-0.15, -0.1) is 5.10 Å². The van der Waals surface area contributed by atoms with Gasteiger partial charge in [0.2, 0.25) is 11.6 Å². The van der Waals surface area contributed by atoms with Crippen molar-refractivity contribution >= 4 is 52.3 Å². The summed E-state index contributed by atoms with van der Waals surface area (Å²) in [6.07, 6.45) is -0.0634. The van der Waals surface area contributed by atoms with Crippen LogP contribution in [0, 0.1) is 6.92 Å². The topological polar surface area (TPSA) is 98.7 Å². The number of anilines is 2. The molecule has 0 saturated carbocycles. The summed E-state index contributed by atoms with van der Waals surface area (Å²) in [5, 5.41) is 22.7. The molecule has 174 valence electrons. The van der Waals surface area contributed by atoms with Crippen molar-refractivity contribution < 1.29 is 14.7 Å². The van der Waals surface area contributed by atoms with Gasteiger partial charge in [-0.3, -0.25) is 14.5 Å². The molecule has 0 aliphatic carbocycles. The van der Waals surface area contributed by atoms with E-state index in [0.717, 1.165) is 5.56 Å². The lowest BCUT2D eigenvalue weighted by molar-refractivity contribution is -0.151. The Kier molecular flexibility index (Phi) is 6.87. The number of hydrogen-bond donors (Lipinski definition) is 2. The van der Waals surface area contributed by atoms with Crippen molar-refractivity contribution in [1.29, 1.82) is 0 Å². The number of halogens is 1. The number of aliphatic hydroxyl groups is 1. The molecule has 1 aliphatic heterocycles. The molecule has 1 saturated heterocycles. The number of thiocarbonyl (C=S) groups is 1. The average molecular weight is 496 g/mol. The van der Waals surface area contributed by atoms with Crippen LogP contribution in [0.5, 0.6) is 0 Å². The van der Waals surface area contributed by atoms with E-state index in [2.05, 4.69) is 15.5 Å². The summed E-state index contributed by atoms with van der Waals surface area (Å²) in [5.41, 5.74) is -0.0178. The van der Waals surface area contributed by atoms with Crippen molar-refractivity contribution in [2.24, 2.45) is 0 Å². The van der Waals surface area contributed by atoms with Crippen LogP contribution < -0.4 is 10.2 Å². The van der Waals surface area contributed by atoms with Crippen molar-refractivity contribution in [2.45, 2.75) is 25.5 Å². The van der Waals surface area contributed by atoms with Crippen molar-refractivity contribution in [2.75, 3.05) is 16.8 Å². The van der Waals surface area contributed by atoms with Crippen LogP contribution in [-0.2, 0) is 16.0 Å². The fourth-order valence-corrected chi connectivity index (χ4v) is 4.24. The summed E-state index contributed by atoms with van der Waals surface area (Å²) in [6, 6.07) is 19.3. The third-order valence-electron chi connectivity index (χ3n) is 5.44. The van der Waals surface area contributed by atoms with Gasteiger partial charge in [-0.1, -0.05) is 41.9 Å². The van der Waals surface area contributed by atoms with Crippen molar-refractivity contribution in [3.8, 4) is 0 Å². The summed E-state index contributed by atoms with van der Waals surface area (Å²) in [5.74, 6) is -1.06. The first-order valence-electron chi connectivity index (χ1n) is 10.6. The molecule has 2 N–H and O–H groups in total. The minimum absolute atomic E-state index is 0.121. The number of benzene rings is 2. The lowest BCUT2D eigenvalue weighted by Gasteiger charge is -2.30. The Morgan fingerprint density at radius 2 is 1.79 bits per heavy atom. The van der Waals surface area contributed by atoms with E-state index in [9.17, 15) is 14.7 Å². The summed E-state index contributed by atoms with van der Waals surface area (Å²) in [7, 11) is 0. The second-order valence-electron chi connectivity index (χ2n) is 7.89. The SMILES string of the molecule is Cc1ccc(NC(=O)CC2(O)C(=O)N(c3ccccc3)C(=S)N2CCc2ccc(Cl)cc2)nn1. The van der Waals surface area contributed by atoms with Crippen molar-refractivity contribution in [3.05, 3.63) is 83.0 Å². The smallest absolute Gasteiger partial charge is 0.287 e. The summed E-state index contributed by atoms with van der Waals surface area (Å²) >= 11 is 11.6. The predicted molar refractivity (Wildman–Crippen MR) is 133 cm³/mol. The number of hydrogen-bond acceptors (Lipinski definition) is 6. The first kappa shape index (κ1) is 23.7. The number of carbonyl (C=O) groups excluding carboxylic acids is 2. The first-order chi connectivity index (χ1) is 16.3. The van der Waals surface area contributed by atoms with Crippen LogP contribution in [0.4, 0.5) is 11.5 Å². The van der Waals surface area contributed by atoms with Gasteiger partial charge >= 0.3 is 0 Å². The number of rotatable bonds is 7. The number of nitrogens with one attached hydrogen (secondary N) is 1. The number of nitrogens with zero attached hydrogens (tertiary/aromatic N) is 4. The minimum atomic E-state index is -2.17. The minimum Gasteiger partial charge on any atom is -0.363 e. The van der Waals surface area contributed by atoms with Crippen LogP contribution >= 0.6 is 23.8 Å². The highest BCUT2D eigenvalue weighted by atomic mass is 35.5. The normalized spacial score (nSPS) is 17.9. The lowest BCUT2D eigenvalue weighted by atomic mass is 10.1. The zero-order chi connectivity index (χ0) is 24.3. The van der Waals surface area contributed by atoms with Crippen molar-refractivity contribution in [3.63, 3.8) is 0 Å². The highest BCUT2D eigenvalue weighted by Gasteiger charge is 2.55. The largest absolute Gasteiger partial charge is 0.363 e. The highest BCUT2D eigenvalue weighted by molar-refractivity contribution is 7.80. The summed E-state index contributed by atoms with van der Waals surface area (Å²) in [4.78, 5) is 28.9. The number of amides is 2. The van der Waals surface area contributed by atoms with Crippen LogP contribution in [0.2, 0.25) is 5.02 Å². The molecule has 1 unspecified atom stereocenters. The van der Waals surface area contributed by atoms with E-state index in [0.29, 0.717) is 22.8 Å². The number of aromatic nitrogens is 2. The Balaban J connectivity index is 1.60. The Morgan fingerprint density at radius 1 is 1.09 bits per heavy atom. The van der Waals surface area contributed by atoms with Gasteiger partial charge in [0.1, 0.15) is 0 Å². The maximum absolute atomic E-state index is 13.5. The third kappa shape index (κ3) is 4.91. The van der Waals surface area contributed by atoms with E-state index in [1.54, 1.807) is 55.5 Å². The molecule has 2 aromatic carbocycles. The molecule has 1 aromatic heterocycles. The number of aryl methyl sites for hydroxylation is 1. The molecule has 0 spiro atoms. The van der Waals surface area contributed by atoms with Crippen LogP contribution in [0.3, 0.4) is 0 Å². The average Bonchev–Trinajstić information content (AvgIpc) is 3.00. The van der Waals surface area contributed by atoms with E-state index in [4.69, 9.17) is 23.8 Å². The quantitative estimate of drug-likeness (QED) is 0.485. The summed E-state index contributed by atoms with van der Waals surface area (Å²) in [6.45, 7) is 1.99. The number of carbonyl (C=O) groups is 2. The van der Waals surface area contributed by atoms with E-state index in [1.165, 1.54) is 9.80 Å². The molecule has 10 heteroatoms. The lowest BCUT2D eigenvalue weighted by Crippen LogP contribution is -2.52.